The van der Waals surface area contributed by atoms with Gasteiger partial charge in [0.2, 0.25) is 10.0 Å². The zero-order chi connectivity index (χ0) is 22.1. The van der Waals surface area contributed by atoms with Gasteiger partial charge in [0.1, 0.15) is 5.60 Å². The van der Waals surface area contributed by atoms with Crippen LogP contribution < -0.4 is 4.72 Å². The summed E-state index contributed by atoms with van der Waals surface area (Å²) in [4.78, 5) is 39.3. The van der Waals surface area contributed by atoms with E-state index in [1.165, 1.54) is 4.90 Å². The average molecular weight is 438 g/mol. The van der Waals surface area contributed by atoms with Gasteiger partial charge in [-0.1, -0.05) is 12.1 Å². The number of fused-ring (bicyclic) bond motifs is 1. The topological polar surface area (TPSA) is 113 Å². The quantitative estimate of drug-likeness (QED) is 0.534. The summed E-state index contributed by atoms with van der Waals surface area (Å²) in [5.74, 6) is -0.718. The molecule has 2 aliphatic heterocycles. The summed E-state index contributed by atoms with van der Waals surface area (Å²) in [5.41, 5.74) is 0.101. The first kappa shape index (κ1) is 22.2. The number of hydrogen-bond donors (Lipinski definition) is 1. The second kappa shape index (κ2) is 8.35. The van der Waals surface area contributed by atoms with Crippen molar-refractivity contribution in [3.8, 4) is 0 Å². The molecule has 2 heterocycles. The number of sulfonamides is 1. The first-order valence-electron chi connectivity index (χ1n) is 9.91. The van der Waals surface area contributed by atoms with E-state index in [-0.39, 0.29) is 31.4 Å². The van der Waals surface area contributed by atoms with Crippen molar-refractivity contribution in [1.29, 1.82) is 0 Å². The summed E-state index contributed by atoms with van der Waals surface area (Å²) in [6.07, 6.45) is 0.103. The minimum atomic E-state index is -3.63. The van der Waals surface area contributed by atoms with Gasteiger partial charge in [-0.05, 0) is 45.7 Å². The number of likely N-dealkylation sites (tertiary alicyclic amines) is 1. The molecule has 10 heteroatoms. The normalized spacial score (nSPS) is 19.4. The van der Waals surface area contributed by atoms with E-state index in [0.717, 1.165) is 4.90 Å². The minimum Gasteiger partial charge on any atom is -0.444 e. The van der Waals surface area contributed by atoms with E-state index in [1.54, 1.807) is 45.0 Å². The molecule has 1 fully saturated rings. The SMILES string of the molecule is CC(C)(C)OC(=O)N1CC[C@H](S(=O)(=O)NCCCN2C(=O)c3ccccc3C2=O)C1. The van der Waals surface area contributed by atoms with Gasteiger partial charge in [0.05, 0.1) is 16.4 Å². The molecule has 1 N–H and O–H groups in total. The van der Waals surface area contributed by atoms with Crippen LogP contribution in [0.15, 0.2) is 24.3 Å². The molecule has 1 atom stereocenters. The lowest BCUT2D eigenvalue weighted by Gasteiger charge is -2.24. The van der Waals surface area contributed by atoms with Crippen molar-refractivity contribution in [1.82, 2.24) is 14.5 Å². The number of nitrogens with zero attached hydrogens (tertiary/aromatic N) is 2. The molecule has 1 saturated heterocycles. The fourth-order valence-corrected chi connectivity index (χ4v) is 4.94. The summed E-state index contributed by atoms with van der Waals surface area (Å²) >= 11 is 0. The van der Waals surface area contributed by atoms with E-state index >= 15 is 0 Å². The second-order valence-corrected chi connectivity index (χ2v) is 10.5. The predicted octanol–water partition coefficient (Wildman–Crippen LogP) is 1.60. The van der Waals surface area contributed by atoms with Gasteiger partial charge in [0.25, 0.3) is 11.8 Å². The third kappa shape index (κ3) is 4.81. The van der Waals surface area contributed by atoms with Gasteiger partial charge >= 0.3 is 6.09 Å². The van der Waals surface area contributed by atoms with Crippen molar-refractivity contribution in [2.45, 2.75) is 44.5 Å². The third-order valence-corrected chi connectivity index (χ3v) is 6.84. The van der Waals surface area contributed by atoms with Crippen LogP contribution in [0.5, 0.6) is 0 Å². The van der Waals surface area contributed by atoms with E-state index in [2.05, 4.69) is 4.72 Å². The van der Waals surface area contributed by atoms with Crippen molar-refractivity contribution in [3.63, 3.8) is 0 Å². The average Bonchev–Trinajstić information content (AvgIpc) is 3.24. The van der Waals surface area contributed by atoms with Crippen LogP contribution in [-0.2, 0) is 14.8 Å². The van der Waals surface area contributed by atoms with Crippen LogP contribution in [0.1, 0.15) is 54.3 Å². The van der Waals surface area contributed by atoms with E-state index in [4.69, 9.17) is 4.74 Å². The Kier molecular flexibility index (Phi) is 6.19. The summed E-state index contributed by atoms with van der Waals surface area (Å²) in [5, 5.41) is -0.718. The van der Waals surface area contributed by atoms with Crippen LogP contribution in [-0.4, -0.2) is 73.2 Å². The maximum atomic E-state index is 12.6. The standard InChI is InChI=1S/C20H27N3O6S/c1-20(2,3)29-19(26)22-12-9-14(13-22)30(27,28)21-10-6-11-23-17(24)15-7-4-5-8-16(15)18(23)25/h4-5,7-8,14,21H,6,9-13H2,1-3H3/t14-/m0/s1. The van der Waals surface area contributed by atoms with E-state index in [0.29, 0.717) is 30.5 Å². The Morgan fingerprint density at radius 1 is 1.17 bits per heavy atom. The van der Waals surface area contributed by atoms with Gasteiger partial charge in [-0.25, -0.2) is 17.9 Å². The minimum absolute atomic E-state index is 0.0721. The summed E-state index contributed by atoms with van der Waals surface area (Å²) in [7, 11) is -3.63. The molecule has 0 aromatic heterocycles. The Morgan fingerprint density at radius 3 is 2.33 bits per heavy atom. The molecule has 0 spiro atoms. The summed E-state index contributed by atoms with van der Waals surface area (Å²) in [6, 6.07) is 6.61. The van der Waals surface area contributed by atoms with Crippen LogP contribution in [0.4, 0.5) is 4.79 Å². The molecule has 0 radical (unpaired) electrons. The predicted molar refractivity (Wildman–Crippen MR) is 110 cm³/mol. The number of amides is 3. The van der Waals surface area contributed by atoms with Crippen molar-refractivity contribution < 1.29 is 27.5 Å². The van der Waals surface area contributed by atoms with Gasteiger partial charge in [-0.2, -0.15) is 0 Å². The fraction of sp³-hybridized carbons (Fsp3) is 0.550. The second-order valence-electron chi connectivity index (χ2n) is 8.44. The van der Waals surface area contributed by atoms with Crippen molar-refractivity contribution in [2.24, 2.45) is 0 Å². The Labute approximate surface area is 176 Å². The molecule has 30 heavy (non-hydrogen) atoms. The fourth-order valence-electron chi connectivity index (χ4n) is 3.49. The molecule has 9 nitrogen and oxygen atoms in total. The maximum Gasteiger partial charge on any atom is 0.410 e. The highest BCUT2D eigenvalue weighted by Crippen LogP contribution is 2.23. The number of carbonyl (C=O) groups is 3. The third-order valence-electron chi connectivity index (χ3n) is 4.98. The number of nitrogens with one attached hydrogen (secondary N) is 1. The van der Waals surface area contributed by atoms with Crippen molar-refractivity contribution in [3.05, 3.63) is 35.4 Å². The zero-order valence-corrected chi connectivity index (χ0v) is 18.2. The Balaban J connectivity index is 1.47. The van der Waals surface area contributed by atoms with Crippen LogP contribution in [0.25, 0.3) is 0 Å². The molecular formula is C20H27N3O6S. The van der Waals surface area contributed by atoms with Crippen molar-refractivity contribution >= 4 is 27.9 Å². The molecular weight excluding hydrogens is 410 g/mol. The van der Waals surface area contributed by atoms with Crippen molar-refractivity contribution in [2.75, 3.05) is 26.2 Å². The molecule has 1 aromatic rings. The Bertz CT molecular complexity index is 919. The van der Waals surface area contributed by atoms with E-state index < -0.39 is 27.0 Å². The Morgan fingerprint density at radius 2 is 1.77 bits per heavy atom. The first-order chi connectivity index (χ1) is 14.0. The monoisotopic (exact) mass is 437 g/mol. The molecule has 3 rings (SSSR count). The number of rotatable bonds is 6. The number of imide groups is 1. The number of carbonyl (C=O) groups excluding carboxylic acids is 3. The molecule has 1 aromatic carbocycles. The summed E-state index contributed by atoms with van der Waals surface area (Å²) in [6.45, 7) is 5.88. The molecule has 3 amide bonds. The smallest absolute Gasteiger partial charge is 0.410 e. The molecule has 0 bridgehead atoms. The zero-order valence-electron chi connectivity index (χ0n) is 17.4. The van der Waals surface area contributed by atoms with Crippen LogP contribution in [0, 0.1) is 0 Å². The maximum absolute atomic E-state index is 12.6. The van der Waals surface area contributed by atoms with Gasteiger partial charge in [-0.3, -0.25) is 14.5 Å². The number of ether oxygens (including phenoxy) is 1. The number of benzene rings is 1. The molecule has 0 saturated carbocycles. The molecule has 0 unspecified atom stereocenters. The molecule has 0 aliphatic carbocycles. The molecule has 2 aliphatic rings. The van der Waals surface area contributed by atoms with E-state index in [1.807, 2.05) is 0 Å². The Hall–Kier alpha value is -2.46. The van der Waals surface area contributed by atoms with Gasteiger partial charge in [-0.15, -0.1) is 0 Å². The summed E-state index contributed by atoms with van der Waals surface area (Å²) < 4.78 is 32.9. The highest BCUT2D eigenvalue weighted by molar-refractivity contribution is 7.90. The van der Waals surface area contributed by atoms with Gasteiger partial charge in [0.15, 0.2) is 0 Å². The lowest BCUT2D eigenvalue weighted by molar-refractivity contribution is 0.0295. The van der Waals surface area contributed by atoms with Gasteiger partial charge in [0, 0.05) is 26.2 Å². The lowest BCUT2D eigenvalue weighted by atomic mass is 10.1. The lowest BCUT2D eigenvalue weighted by Crippen LogP contribution is -2.40. The number of hydrogen-bond acceptors (Lipinski definition) is 6. The van der Waals surface area contributed by atoms with Crippen LogP contribution in [0.3, 0.4) is 0 Å². The first-order valence-corrected chi connectivity index (χ1v) is 11.5. The largest absolute Gasteiger partial charge is 0.444 e. The molecule has 164 valence electrons. The highest BCUT2D eigenvalue weighted by Gasteiger charge is 2.37. The van der Waals surface area contributed by atoms with Gasteiger partial charge < -0.3 is 9.64 Å². The highest BCUT2D eigenvalue weighted by atomic mass is 32.2. The van der Waals surface area contributed by atoms with Crippen LogP contribution >= 0.6 is 0 Å². The van der Waals surface area contributed by atoms with Crippen LogP contribution in [0.2, 0.25) is 0 Å². The van der Waals surface area contributed by atoms with E-state index in [9.17, 15) is 22.8 Å².